The number of aromatic nitrogens is 2. The predicted octanol–water partition coefficient (Wildman–Crippen LogP) is 3.90. The van der Waals surface area contributed by atoms with Crippen LogP contribution in [-0.4, -0.2) is 16.8 Å². The molecule has 1 N–H and O–H groups in total. The van der Waals surface area contributed by atoms with Crippen LogP contribution in [-0.2, 0) is 6.54 Å². The molecule has 6 heteroatoms. The maximum Gasteiger partial charge on any atom is 0.196 e. The summed E-state index contributed by atoms with van der Waals surface area (Å²) in [5, 5.41) is 11.0. The Morgan fingerprint density at radius 3 is 2.42 bits per heavy atom. The zero-order valence-corrected chi connectivity index (χ0v) is 14.0. The number of ether oxygens (including phenoxy) is 1. The fraction of sp³-hybridized carbons (Fsp3) is 0.111. The van der Waals surface area contributed by atoms with E-state index in [-0.39, 0.29) is 0 Å². The third-order valence-electron chi connectivity index (χ3n) is 3.68. The fourth-order valence-corrected chi connectivity index (χ4v) is 2.63. The highest BCUT2D eigenvalue weighted by Gasteiger charge is 2.11. The molecule has 0 fully saturated rings. The van der Waals surface area contributed by atoms with Gasteiger partial charge in [0.05, 0.1) is 31.0 Å². The number of H-pyrrole nitrogens is 1. The molecule has 0 spiro atoms. The fourth-order valence-electron chi connectivity index (χ4n) is 2.41. The van der Waals surface area contributed by atoms with Crippen molar-refractivity contribution in [1.29, 1.82) is 5.26 Å². The van der Waals surface area contributed by atoms with Gasteiger partial charge in [0, 0.05) is 12.4 Å². The van der Waals surface area contributed by atoms with Crippen molar-refractivity contribution in [3.8, 4) is 11.8 Å². The van der Waals surface area contributed by atoms with Crippen molar-refractivity contribution >= 4 is 17.9 Å². The van der Waals surface area contributed by atoms with E-state index in [0.29, 0.717) is 16.9 Å². The monoisotopic (exact) mass is 336 g/mol. The number of benzene rings is 2. The van der Waals surface area contributed by atoms with E-state index >= 15 is 0 Å². The molecule has 0 radical (unpaired) electrons. The molecule has 0 aliphatic carbocycles. The number of imidazole rings is 1. The van der Waals surface area contributed by atoms with Crippen molar-refractivity contribution in [2.75, 3.05) is 12.1 Å². The van der Waals surface area contributed by atoms with Crippen molar-refractivity contribution in [2.24, 2.45) is 0 Å². The summed E-state index contributed by atoms with van der Waals surface area (Å²) in [6.07, 6.45) is 3.69. The molecule has 0 unspecified atom stereocenters. The molecule has 0 bridgehead atoms. The number of methoxy groups -OCH3 is 1. The van der Waals surface area contributed by atoms with Gasteiger partial charge in [-0.1, -0.05) is 12.1 Å². The maximum absolute atomic E-state index is 8.93. The topological polar surface area (TPSA) is 57.0 Å². The van der Waals surface area contributed by atoms with Crippen LogP contribution in [0.1, 0.15) is 11.1 Å². The van der Waals surface area contributed by atoms with Gasteiger partial charge in [-0.05, 0) is 54.2 Å². The standard InChI is InChI=1S/C18H16N4OS/c1-23-17-8-6-16(7-9-17)22(21-11-10-20-18(21)24)13-15-4-2-14(12-19)3-5-15/h2-11H,13H2,1H3,(H,20,24). The van der Waals surface area contributed by atoms with E-state index in [2.05, 4.69) is 16.1 Å². The van der Waals surface area contributed by atoms with E-state index in [9.17, 15) is 0 Å². The van der Waals surface area contributed by atoms with Gasteiger partial charge in [-0.2, -0.15) is 5.26 Å². The molecule has 0 aliphatic heterocycles. The molecule has 24 heavy (non-hydrogen) atoms. The van der Waals surface area contributed by atoms with Crippen molar-refractivity contribution < 1.29 is 4.74 Å². The number of nitrogens with zero attached hydrogens (tertiary/aromatic N) is 3. The number of anilines is 1. The second-order valence-electron chi connectivity index (χ2n) is 5.17. The van der Waals surface area contributed by atoms with Crippen molar-refractivity contribution in [2.45, 2.75) is 6.54 Å². The molecule has 0 saturated carbocycles. The highest BCUT2D eigenvalue weighted by molar-refractivity contribution is 7.71. The SMILES string of the molecule is COc1ccc(N(Cc2ccc(C#N)cc2)n2cc[nH]c2=S)cc1. The van der Waals surface area contributed by atoms with Gasteiger partial charge in [0.15, 0.2) is 4.77 Å². The zero-order valence-electron chi connectivity index (χ0n) is 13.1. The molecule has 2 aromatic carbocycles. The molecular weight excluding hydrogens is 320 g/mol. The van der Waals surface area contributed by atoms with Crippen LogP contribution in [0.5, 0.6) is 5.75 Å². The predicted molar refractivity (Wildman–Crippen MR) is 95.3 cm³/mol. The summed E-state index contributed by atoms with van der Waals surface area (Å²) in [5.41, 5.74) is 2.71. The summed E-state index contributed by atoms with van der Waals surface area (Å²) in [4.78, 5) is 3.01. The van der Waals surface area contributed by atoms with Crippen LogP contribution in [0, 0.1) is 16.1 Å². The Kier molecular flexibility index (Phi) is 4.64. The van der Waals surface area contributed by atoms with Gasteiger partial charge in [-0.25, -0.2) is 4.68 Å². The number of aromatic amines is 1. The third-order valence-corrected chi connectivity index (χ3v) is 3.98. The summed E-state index contributed by atoms with van der Waals surface area (Å²) in [6.45, 7) is 0.615. The lowest BCUT2D eigenvalue weighted by atomic mass is 10.1. The quantitative estimate of drug-likeness (QED) is 0.718. The van der Waals surface area contributed by atoms with Gasteiger partial charge in [-0.3, -0.25) is 5.01 Å². The molecule has 0 saturated heterocycles. The minimum absolute atomic E-state index is 0.611. The Hall–Kier alpha value is -3.04. The van der Waals surface area contributed by atoms with Crippen molar-refractivity contribution in [1.82, 2.24) is 9.66 Å². The van der Waals surface area contributed by atoms with Gasteiger partial charge < -0.3 is 9.72 Å². The second-order valence-corrected chi connectivity index (χ2v) is 5.56. The van der Waals surface area contributed by atoms with Crippen LogP contribution in [0.3, 0.4) is 0 Å². The van der Waals surface area contributed by atoms with Crippen molar-refractivity contribution in [3.05, 3.63) is 76.8 Å². The van der Waals surface area contributed by atoms with Crippen molar-refractivity contribution in [3.63, 3.8) is 0 Å². The summed E-state index contributed by atoms with van der Waals surface area (Å²) >= 11 is 5.36. The molecule has 3 aromatic rings. The highest BCUT2D eigenvalue weighted by atomic mass is 32.1. The average molecular weight is 336 g/mol. The number of hydrogen-bond donors (Lipinski definition) is 1. The first-order valence-corrected chi connectivity index (χ1v) is 7.79. The number of rotatable bonds is 5. The van der Waals surface area contributed by atoms with E-state index in [0.717, 1.165) is 17.0 Å². The summed E-state index contributed by atoms with van der Waals surface area (Å²) in [5.74, 6) is 0.801. The molecule has 1 heterocycles. The summed E-state index contributed by atoms with van der Waals surface area (Å²) in [6, 6.07) is 17.5. The lowest BCUT2D eigenvalue weighted by Crippen LogP contribution is -2.28. The van der Waals surface area contributed by atoms with E-state index in [1.165, 1.54) is 0 Å². The Labute approximate surface area is 145 Å². The lowest BCUT2D eigenvalue weighted by molar-refractivity contribution is 0.414. The molecule has 0 amide bonds. The van der Waals surface area contributed by atoms with Gasteiger partial charge in [0.25, 0.3) is 0 Å². The Morgan fingerprint density at radius 1 is 1.17 bits per heavy atom. The molecule has 0 aliphatic rings. The molecule has 1 aromatic heterocycles. The Balaban J connectivity index is 1.96. The first kappa shape index (κ1) is 15.8. The van der Waals surface area contributed by atoms with E-state index in [1.807, 2.05) is 59.4 Å². The van der Waals surface area contributed by atoms with E-state index < -0.39 is 0 Å². The smallest absolute Gasteiger partial charge is 0.196 e. The van der Waals surface area contributed by atoms with Gasteiger partial charge in [-0.15, -0.1) is 0 Å². The number of nitriles is 1. The largest absolute Gasteiger partial charge is 0.497 e. The second kappa shape index (κ2) is 7.02. The van der Waals surface area contributed by atoms with Crippen LogP contribution in [0.2, 0.25) is 0 Å². The minimum Gasteiger partial charge on any atom is -0.497 e. The summed E-state index contributed by atoms with van der Waals surface area (Å²) in [7, 11) is 1.64. The van der Waals surface area contributed by atoms with E-state index in [4.69, 9.17) is 22.2 Å². The lowest BCUT2D eigenvalue weighted by Gasteiger charge is -2.26. The van der Waals surface area contributed by atoms with Crippen LogP contribution in [0.25, 0.3) is 0 Å². The van der Waals surface area contributed by atoms with Crippen LogP contribution in [0.15, 0.2) is 60.9 Å². The number of nitrogens with one attached hydrogen (secondary N) is 1. The minimum atomic E-state index is 0.611. The third kappa shape index (κ3) is 3.31. The maximum atomic E-state index is 8.93. The first-order valence-electron chi connectivity index (χ1n) is 7.38. The van der Waals surface area contributed by atoms with E-state index in [1.54, 1.807) is 13.3 Å². The Morgan fingerprint density at radius 2 is 1.88 bits per heavy atom. The van der Waals surface area contributed by atoms with Crippen LogP contribution in [0.4, 0.5) is 5.69 Å². The average Bonchev–Trinajstić information content (AvgIpc) is 3.06. The normalized spacial score (nSPS) is 10.2. The van der Waals surface area contributed by atoms with Gasteiger partial charge in [0.1, 0.15) is 5.75 Å². The van der Waals surface area contributed by atoms with Gasteiger partial charge in [0.2, 0.25) is 0 Å². The number of hydrogen-bond acceptors (Lipinski definition) is 4. The molecular formula is C18H16N4OS. The highest BCUT2D eigenvalue weighted by Crippen LogP contribution is 2.22. The van der Waals surface area contributed by atoms with Gasteiger partial charge >= 0.3 is 0 Å². The first-order chi connectivity index (χ1) is 11.7. The van der Waals surface area contributed by atoms with Crippen LogP contribution >= 0.6 is 12.2 Å². The zero-order chi connectivity index (χ0) is 16.9. The summed E-state index contributed by atoms with van der Waals surface area (Å²) < 4.78 is 7.72. The molecule has 0 atom stereocenters. The molecule has 5 nitrogen and oxygen atoms in total. The molecule has 3 rings (SSSR count). The molecule has 120 valence electrons. The Bertz CT molecular complexity index is 904. The van der Waals surface area contributed by atoms with Crippen LogP contribution < -0.4 is 9.75 Å².